The van der Waals surface area contributed by atoms with Crippen LogP contribution in [0.2, 0.25) is 0 Å². The Balaban J connectivity index is 2.35. The summed E-state index contributed by atoms with van der Waals surface area (Å²) in [6.45, 7) is 0.749. The highest BCUT2D eigenvalue weighted by molar-refractivity contribution is 5.42. The van der Waals surface area contributed by atoms with Gasteiger partial charge in [-0.2, -0.15) is 0 Å². The van der Waals surface area contributed by atoms with Gasteiger partial charge in [-0.15, -0.1) is 0 Å². The number of hydrogen-bond donors (Lipinski definition) is 2. The number of aromatic hydroxyl groups is 1. The number of fused-ring (bicyclic) bond motifs is 1. The largest absolute Gasteiger partial charge is 0.508 e. The van der Waals surface area contributed by atoms with Crippen LogP contribution in [-0.2, 0) is 19.4 Å². The summed E-state index contributed by atoms with van der Waals surface area (Å²) >= 11 is 0. The Morgan fingerprint density at radius 2 is 1.86 bits per heavy atom. The molecule has 0 amide bonds. The highest BCUT2D eigenvalue weighted by Gasteiger charge is 2.12. The number of phenolic OH excluding ortho intramolecular Hbond substituents is 1. The fourth-order valence-corrected chi connectivity index (χ4v) is 2.16. The molecule has 0 bridgehead atoms. The van der Waals surface area contributed by atoms with Gasteiger partial charge < -0.3 is 10.4 Å². The molecule has 76 valence electrons. The van der Waals surface area contributed by atoms with E-state index in [2.05, 4.69) is 11.4 Å². The molecular weight excluding hydrogens is 174 g/mol. The van der Waals surface area contributed by atoms with Gasteiger partial charge in [0.2, 0.25) is 0 Å². The number of nitrogens with one attached hydrogen (secondary N) is 1. The summed E-state index contributed by atoms with van der Waals surface area (Å²) in [6, 6.07) is 4.10. The number of hydrogen-bond acceptors (Lipinski definition) is 2. The maximum atomic E-state index is 9.76. The first-order chi connectivity index (χ1) is 6.81. The van der Waals surface area contributed by atoms with Crippen molar-refractivity contribution in [3.05, 3.63) is 28.8 Å². The van der Waals surface area contributed by atoms with Crippen molar-refractivity contribution in [3.63, 3.8) is 0 Å². The predicted octanol–water partition coefficient (Wildman–Crippen LogP) is 1.99. The van der Waals surface area contributed by atoms with Crippen LogP contribution < -0.4 is 5.32 Å². The molecule has 2 nitrogen and oxygen atoms in total. The summed E-state index contributed by atoms with van der Waals surface area (Å²) in [5, 5.41) is 12.8. The van der Waals surface area contributed by atoms with E-state index in [1.165, 1.54) is 30.4 Å². The monoisotopic (exact) mass is 191 g/mol. The SMILES string of the molecule is CNCc1cc2c(cc1O)CCCC2. The Labute approximate surface area is 85.0 Å². The molecule has 0 heterocycles. The molecule has 0 saturated carbocycles. The van der Waals surface area contributed by atoms with Crippen LogP contribution in [0, 0.1) is 0 Å². The maximum Gasteiger partial charge on any atom is 0.120 e. The maximum absolute atomic E-state index is 9.76. The molecule has 0 spiro atoms. The Hall–Kier alpha value is -1.02. The topological polar surface area (TPSA) is 32.3 Å². The first-order valence-corrected chi connectivity index (χ1v) is 5.29. The van der Waals surface area contributed by atoms with Gasteiger partial charge in [-0.1, -0.05) is 6.07 Å². The van der Waals surface area contributed by atoms with E-state index < -0.39 is 0 Å². The van der Waals surface area contributed by atoms with Crippen LogP contribution >= 0.6 is 0 Å². The summed E-state index contributed by atoms with van der Waals surface area (Å²) in [4.78, 5) is 0. The molecule has 1 aliphatic carbocycles. The lowest BCUT2D eigenvalue weighted by molar-refractivity contribution is 0.464. The first-order valence-electron chi connectivity index (χ1n) is 5.29. The Bertz CT molecular complexity index is 333. The highest BCUT2D eigenvalue weighted by Crippen LogP contribution is 2.28. The lowest BCUT2D eigenvalue weighted by Crippen LogP contribution is -2.08. The van der Waals surface area contributed by atoms with E-state index in [-0.39, 0.29) is 0 Å². The van der Waals surface area contributed by atoms with Gasteiger partial charge in [0.15, 0.2) is 0 Å². The third-order valence-electron chi connectivity index (χ3n) is 2.91. The second-order valence-corrected chi connectivity index (χ2v) is 3.99. The van der Waals surface area contributed by atoms with Crippen molar-refractivity contribution in [1.29, 1.82) is 0 Å². The zero-order valence-corrected chi connectivity index (χ0v) is 8.64. The third kappa shape index (κ3) is 1.75. The molecule has 1 aromatic rings. The zero-order chi connectivity index (χ0) is 9.97. The molecule has 0 aromatic heterocycles. The Morgan fingerprint density at radius 3 is 2.50 bits per heavy atom. The zero-order valence-electron chi connectivity index (χ0n) is 8.64. The molecule has 2 heteroatoms. The second kappa shape index (κ2) is 4.01. The second-order valence-electron chi connectivity index (χ2n) is 3.99. The van der Waals surface area contributed by atoms with Crippen LogP contribution in [0.15, 0.2) is 12.1 Å². The van der Waals surface area contributed by atoms with Crippen molar-refractivity contribution in [3.8, 4) is 5.75 Å². The molecule has 2 rings (SSSR count). The fraction of sp³-hybridized carbons (Fsp3) is 0.500. The van der Waals surface area contributed by atoms with E-state index in [0.29, 0.717) is 5.75 Å². The molecule has 0 atom stereocenters. The summed E-state index contributed by atoms with van der Waals surface area (Å²) < 4.78 is 0. The van der Waals surface area contributed by atoms with Gasteiger partial charge in [-0.3, -0.25) is 0 Å². The summed E-state index contributed by atoms with van der Waals surface area (Å²) in [6.07, 6.45) is 4.85. The van der Waals surface area contributed by atoms with Crippen molar-refractivity contribution in [2.75, 3.05) is 7.05 Å². The van der Waals surface area contributed by atoms with Gasteiger partial charge in [-0.25, -0.2) is 0 Å². The summed E-state index contributed by atoms with van der Waals surface area (Å²) in [7, 11) is 1.90. The van der Waals surface area contributed by atoms with Gasteiger partial charge in [0.1, 0.15) is 5.75 Å². The number of benzene rings is 1. The average molecular weight is 191 g/mol. The quantitative estimate of drug-likeness (QED) is 0.749. The highest BCUT2D eigenvalue weighted by atomic mass is 16.3. The molecular formula is C12H17NO. The Kier molecular flexibility index (Phi) is 2.73. The lowest BCUT2D eigenvalue weighted by atomic mass is 9.90. The molecule has 0 saturated heterocycles. The van der Waals surface area contributed by atoms with Crippen LogP contribution in [-0.4, -0.2) is 12.2 Å². The lowest BCUT2D eigenvalue weighted by Gasteiger charge is -2.17. The van der Waals surface area contributed by atoms with Crippen LogP contribution in [0.5, 0.6) is 5.75 Å². The van der Waals surface area contributed by atoms with Crippen LogP contribution in [0.1, 0.15) is 29.5 Å². The van der Waals surface area contributed by atoms with Crippen molar-refractivity contribution in [2.24, 2.45) is 0 Å². The molecule has 1 aromatic carbocycles. The van der Waals surface area contributed by atoms with Crippen LogP contribution in [0.25, 0.3) is 0 Å². The summed E-state index contributed by atoms with van der Waals surface area (Å²) in [5.41, 5.74) is 3.79. The molecule has 0 aliphatic heterocycles. The van der Waals surface area contributed by atoms with Crippen molar-refractivity contribution >= 4 is 0 Å². The van der Waals surface area contributed by atoms with E-state index in [1.54, 1.807) is 0 Å². The standard InChI is InChI=1S/C12H17NO/c1-13-8-11-6-9-4-2-3-5-10(9)7-12(11)14/h6-7,13-14H,2-5,8H2,1H3. The van der Waals surface area contributed by atoms with E-state index in [9.17, 15) is 5.11 Å². The minimum atomic E-state index is 0.444. The van der Waals surface area contributed by atoms with Crippen LogP contribution in [0.3, 0.4) is 0 Å². The van der Waals surface area contributed by atoms with Crippen LogP contribution in [0.4, 0.5) is 0 Å². The van der Waals surface area contributed by atoms with Crippen molar-refractivity contribution < 1.29 is 5.11 Å². The van der Waals surface area contributed by atoms with Crippen molar-refractivity contribution in [2.45, 2.75) is 32.2 Å². The van der Waals surface area contributed by atoms with Crippen molar-refractivity contribution in [1.82, 2.24) is 5.32 Å². The van der Waals surface area contributed by atoms with Gasteiger partial charge in [0.25, 0.3) is 0 Å². The first kappa shape index (κ1) is 9.53. The molecule has 14 heavy (non-hydrogen) atoms. The summed E-state index contributed by atoms with van der Waals surface area (Å²) in [5.74, 6) is 0.444. The molecule has 1 aliphatic rings. The van der Waals surface area contributed by atoms with Gasteiger partial charge in [-0.05, 0) is 49.9 Å². The normalized spacial score (nSPS) is 15.2. The minimum Gasteiger partial charge on any atom is -0.508 e. The molecule has 2 N–H and O–H groups in total. The van der Waals surface area contributed by atoms with Gasteiger partial charge >= 0.3 is 0 Å². The van der Waals surface area contributed by atoms with Gasteiger partial charge in [0.05, 0.1) is 0 Å². The molecule has 0 fully saturated rings. The predicted molar refractivity (Wildman–Crippen MR) is 57.5 cm³/mol. The minimum absolute atomic E-state index is 0.444. The molecule has 0 radical (unpaired) electrons. The van der Waals surface area contributed by atoms with E-state index in [1.807, 2.05) is 13.1 Å². The smallest absolute Gasteiger partial charge is 0.120 e. The molecule has 0 unspecified atom stereocenters. The average Bonchev–Trinajstić information content (AvgIpc) is 2.19. The van der Waals surface area contributed by atoms with E-state index in [0.717, 1.165) is 18.5 Å². The van der Waals surface area contributed by atoms with E-state index in [4.69, 9.17) is 0 Å². The van der Waals surface area contributed by atoms with Gasteiger partial charge in [0, 0.05) is 12.1 Å². The number of phenols is 1. The third-order valence-corrected chi connectivity index (χ3v) is 2.91. The number of rotatable bonds is 2. The fourth-order valence-electron chi connectivity index (χ4n) is 2.16. The number of aryl methyl sites for hydroxylation is 2. The van der Waals surface area contributed by atoms with E-state index >= 15 is 0 Å². The Morgan fingerprint density at radius 1 is 1.21 bits per heavy atom.